The van der Waals surface area contributed by atoms with Crippen LogP contribution in [0, 0.1) is 0 Å². The first kappa shape index (κ1) is 16.9. The molecule has 3 heterocycles. The highest BCUT2D eigenvalue weighted by Gasteiger charge is 2.09. The van der Waals surface area contributed by atoms with Crippen molar-refractivity contribution >= 4 is 22.7 Å². The van der Waals surface area contributed by atoms with Crippen molar-refractivity contribution in [1.82, 2.24) is 29.9 Å². The Morgan fingerprint density at radius 3 is 2.76 bits per heavy atom. The molecule has 0 bridgehead atoms. The number of H-pyrrole nitrogens is 1. The molecule has 5 aromatic rings. The van der Waals surface area contributed by atoms with Crippen LogP contribution in [0.3, 0.4) is 0 Å². The largest absolute Gasteiger partial charge is 0.368 e. The number of aromatic amines is 1. The number of anilines is 2. The molecule has 4 N–H and O–H groups in total. The lowest BCUT2D eigenvalue weighted by atomic mass is 10.1. The average Bonchev–Trinajstić information content (AvgIpc) is 3.44. The summed E-state index contributed by atoms with van der Waals surface area (Å²) in [5, 5.41) is 15.6. The molecule has 0 amide bonds. The SMILES string of the molecule is Nc1nc(NCc2cnn(-c3ccccc3)c2)c2ccc(-c3ccn[nH]3)cc2n1. The normalized spacial score (nSPS) is 11.0. The van der Waals surface area contributed by atoms with E-state index in [4.69, 9.17) is 5.73 Å². The number of nitrogens with zero attached hydrogens (tertiary/aromatic N) is 5. The van der Waals surface area contributed by atoms with E-state index in [9.17, 15) is 0 Å². The van der Waals surface area contributed by atoms with Crippen molar-refractivity contribution in [3.05, 3.63) is 78.8 Å². The predicted octanol–water partition coefficient (Wildman–Crippen LogP) is 3.40. The van der Waals surface area contributed by atoms with E-state index in [1.54, 1.807) is 6.20 Å². The van der Waals surface area contributed by atoms with Gasteiger partial charge in [-0.2, -0.15) is 15.2 Å². The number of nitrogens with two attached hydrogens (primary N) is 1. The van der Waals surface area contributed by atoms with Crippen LogP contribution in [0.4, 0.5) is 11.8 Å². The van der Waals surface area contributed by atoms with Crippen molar-refractivity contribution in [3.63, 3.8) is 0 Å². The number of rotatable bonds is 5. The highest BCUT2D eigenvalue weighted by Crippen LogP contribution is 2.26. The summed E-state index contributed by atoms with van der Waals surface area (Å²) in [5.74, 6) is 0.915. The standard InChI is InChI=1S/C21H18N8/c22-21-26-19-10-15(18-8-9-24-28-18)6-7-17(19)20(27-21)23-11-14-12-25-29(13-14)16-4-2-1-3-5-16/h1-10,12-13H,11H2,(H,24,28)(H3,22,23,26,27). The molecule has 8 nitrogen and oxygen atoms in total. The lowest BCUT2D eigenvalue weighted by Gasteiger charge is -2.09. The van der Waals surface area contributed by atoms with Crippen molar-refractivity contribution in [3.8, 4) is 16.9 Å². The molecule has 29 heavy (non-hydrogen) atoms. The zero-order valence-electron chi connectivity index (χ0n) is 15.4. The van der Waals surface area contributed by atoms with Crippen LogP contribution in [0.25, 0.3) is 27.8 Å². The van der Waals surface area contributed by atoms with E-state index < -0.39 is 0 Å². The van der Waals surface area contributed by atoms with Gasteiger partial charge in [0.15, 0.2) is 0 Å². The summed E-state index contributed by atoms with van der Waals surface area (Å²) in [7, 11) is 0. The molecule has 0 saturated heterocycles. The fraction of sp³-hybridized carbons (Fsp3) is 0.0476. The molecule has 142 valence electrons. The maximum Gasteiger partial charge on any atom is 0.222 e. The smallest absolute Gasteiger partial charge is 0.222 e. The molecule has 5 rings (SSSR count). The number of benzene rings is 2. The number of nitrogens with one attached hydrogen (secondary N) is 2. The van der Waals surface area contributed by atoms with Gasteiger partial charge in [-0.25, -0.2) is 9.67 Å². The number of hydrogen-bond acceptors (Lipinski definition) is 6. The molecular weight excluding hydrogens is 364 g/mol. The maximum absolute atomic E-state index is 5.94. The molecule has 0 unspecified atom stereocenters. The summed E-state index contributed by atoms with van der Waals surface area (Å²) in [5.41, 5.74) is 10.7. The maximum atomic E-state index is 5.94. The van der Waals surface area contributed by atoms with E-state index in [-0.39, 0.29) is 5.95 Å². The van der Waals surface area contributed by atoms with E-state index in [1.165, 1.54) is 0 Å². The Morgan fingerprint density at radius 2 is 1.93 bits per heavy atom. The highest BCUT2D eigenvalue weighted by atomic mass is 15.3. The molecular formula is C21H18N8. The molecule has 0 saturated carbocycles. The van der Waals surface area contributed by atoms with Gasteiger partial charge in [-0.1, -0.05) is 24.3 Å². The van der Waals surface area contributed by atoms with Gasteiger partial charge in [-0.15, -0.1) is 0 Å². The summed E-state index contributed by atoms with van der Waals surface area (Å²) in [6.07, 6.45) is 5.55. The zero-order chi connectivity index (χ0) is 19.6. The minimum absolute atomic E-state index is 0.224. The van der Waals surface area contributed by atoms with Crippen LogP contribution in [0.5, 0.6) is 0 Å². The van der Waals surface area contributed by atoms with Crippen LogP contribution in [0.2, 0.25) is 0 Å². The van der Waals surface area contributed by atoms with Crippen LogP contribution >= 0.6 is 0 Å². The molecule has 8 heteroatoms. The Hall–Kier alpha value is -4.20. The topological polar surface area (TPSA) is 110 Å². The van der Waals surface area contributed by atoms with E-state index in [1.807, 2.05) is 71.7 Å². The number of hydrogen-bond donors (Lipinski definition) is 3. The lowest BCUT2D eigenvalue weighted by Crippen LogP contribution is -2.05. The van der Waals surface area contributed by atoms with Gasteiger partial charge >= 0.3 is 0 Å². The third-order valence-corrected chi connectivity index (χ3v) is 4.64. The first-order valence-corrected chi connectivity index (χ1v) is 9.16. The third kappa shape index (κ3) is 3.39. The second-order valence-electron chi connectivity index (χ2n) is 6.61. The Balaban J connectivity index is 1.41. The van der Waals surface area contributed by atoms with E-state index >= 15 is 0 Å². The van der Waals surface area contributed by atoms with Crippen LogP contribution in [-0.4, -0.2) is 29.9 Å². The van der Waals surface area contributed by atoms with Gasteiger partial charge in [0.25, 0.3) is 0 Å². The van der Waals surface area contributed by atoms with Gasteiger partial charge in [0.1, 0.15) is 5.82 Å². The van der Waals surface area contributed by atoms with E-state index in [0.29, 0.717) is 12.4 Å². The van der Waals surface area contributed by atoms with Crippen LogP contribution in [0.15, 0.2) is 73.2 Å². The number of para-hydroxylation sites is 1. The van der Waals surface area contributed by atoms with Gasteiger partial charge in [0, 0.05) is 35.5 Å². The number of nitrogen functional groups attached to an aromatic ring is 1. The average molecular weight is 382 g/mol. The summed E-state index contributed by atoms with van der Waals surface area (Å²) in [4.78, 5) is 8.76. The molecule has 0 spiro atoms. The zero-order valence-corrected chi connectivity index (χ0v) is 15.4. The van der Waals surface area contributed by atoms with E-state index in [2.05, 4.69) is 30.6 Å². The Labute approximate surface area is 166 Å². The van der Waals surface area contributed by atoms with Gasteiger partial charge in [-0.3, -0.25) is 5.10 Å². The molecule has 0 aliphatic rings. The second kappa shape index (κ2) is 7.08. The van der Waals surface area contributed by atoms with Crippen LogP contribution in [-0.2, 0) is 6.54 Å². The molecule has 3 aromatic heterocycles. The molecule has 2 aromatic carbocycles. The van der Waals surface area contributed by atoms with Gasteiger partial charge in [-0.05, 0) is 30.3 Å². The fourth-order valence-corrected chi connectivity index (χ4v) is 3.23. The number of aromatic nitrogens is 6. The van der Waals surface area contributed by atoms with Crippen LogP contribution < -0.4 is 11.1 Å². The van der Waals surface area contributed by atoms with E-state index in [0.717, 1.165) is 33.4 Å². The summed E-state index contributed by atoms with van der Waals surface area (Å²) in [6, 6.07) is 17.9. The predicted molar refractivity (Wildman–Crippen MR) is 112 cm³/mol. The molecule has 0 radical (unpaired) electrons. The second-order valence-corrected chi connectivity index (χ2v) is 6.61. The Morgan fingerprint density at radius 1 is 1.03 bits per heavy atom. The van der Waals surface area contributed by atoms with Gasteiger partial charge < -0.3 is 11.1 Å². The first-order chi connectivity index (χ1) is 14.3. The minimum Gasteiger partial charge on any atom is -0.368 e. The van der Waals surface area contributed by atoms with Crippen molar-refractivity contribution < 1.29 is 0 Å². The number of fused-ring (bicyclic) bond motifs is 1. The molecule has 0 aliphatic heterocycles. The first-order valence-electron chi connectivity index (χ1n) is 9.16. The van der Waals surface area contributed by atoms with Gasteiger partial charge in [0.05, 0.1) is 23.1 Å². The molecule has 0 fully saturated rings. The Kier molecular flexibility index (Phi) is 4.14. The Bertz CT molecular complexity index is 1260. The molecule has 0 aliphatic carbocycles. The third-order valence-electron chi connectivity index (χ3n) is 4.64. The summed E-state index contributed by atoms with van der Waals surface area (Å²) >= 11 is 0. The monoisotopic (exact) mass is 382 g/mol. The summed E-state index contributed by atoms with van der Waals surface area (Å²) in [6.45, 7) is 0.570. The fourth-order valence-electron chi connectivity index (χ4n) is 3.23. The van der Waals surface area contributed by atoms with Crippen molar-refractivity contribution in [2.45, 2.75) is 6.54 Å². The van der Waals surface area contributed by atoms with Crippen LogP contribution in [0.1, 0.15) is 5.56 Å². The molecule has 0 atom stereocenters. The minimum atomic E-state index is 0.224. The van der Waals surface area contributed by atoms with Crippen molar-refractivity contribution in [2.24, 2.45) is 0 Å². The lowest BCUT2D eigenvalue weighted by molar-refractivity contribution is 0.880. The van der Waals surface area contributed by atoms with Gasteiger partial charge in [0.2, 0.25) is 5.95 Å². The van der Waals surface area contributed by atoms with Crippen molar-refractivity contribution in [2.75, 3.05) is 11.1 Å². The summed E-state index contributed by atoms with van der Waals surface area (Å²) < 4.78 is 1.85. The van der Waals surface area contributed by atoms with Crippen molar-refractivity contribution in [1.29, 1.82) is 0 Å². The highest BCUT2D eigenvalue weighted by molar-refractivity contribution is 5.92. The quantitative estimate of drug-likeness (QED) is 0.430.